The van der Waals surface area contributed by atoms with Gasteiger partial charge in [0.2, 0.25) is 5.91 Å². The lowest BCUT2D eigenvalue weighted by Gasteiger charge is -2.17. The van der Waals surface area contributed by atoms with Crippen LogP contribution < -0.4 is 11.2 Å². The molecule has 0 saturated heterocycles. The fraction of sp³-hybridized carbons (Fsp3) is 0.286. The monoisotopic (exact) mass is 500 g/mol. The molecule has 1 amide bonds. The van der Waals surface area contributed by atoms with Gasteiger partial charge in [0.1, 0.15) is 16.6 Å². The number of benzene rings is 2. The summed E-state index contributed by atoms with van der Waals surface area (Å²) in [7, 11) is 0. The zero-order valence-electron chi connectivity index (χ0n) is 21.4. The maximum Gasteiger partial charge on any atom is 0.240 e. The SMILES string of the molecule is Cc1ccc(/C=N/NC(=O)CCc2nnc(C)n2-c2sc(C)c(C)c2C(N)c2ccc(C)cc2)cc1. The topological polar surface area (TPSA) is 98.2 Å². The van der Waals surface area contributed by atoms with Gasteiger partial charge in [0.25, 0.3) is 0 Å². The largest absolute Gasteiger partial charge is 0.320 e. The van der Waals surface area contributed by atoms with E-state index in [2.05, 4.69) is 65.8 Å². The van der Waals surface area contributed by atoms with Gasteiger partial charge in [-0.3, -0.25) is 9.36 Å². The first-order valence-electron chi connectivity index (χ1n) is 12.0. The van der Waals surface area contributed by atoms with Gasteiger partial charge in [0.05, 0.1) is 12.3 Å². The van der Waals surface area contributed by atoms with Gasteiger partial charge in [-0.15, -0.1) is 21.5 Å². The minimum atomic E-state index is -0.278. The number of carbonyl (C=O) groups excluding carboxylic acids is 1. The van der Waals surface area contributed by atoms with Gasteiger partial charge in [0.15, 0.2) is 0 Å². The Labute approximate surface area is 216 Å². The van der Waals surface area contributed by atoms with Crippen molar-refractivity contribution in [1.82, 2.24) is 20.2 Å². The predicted octanol–water partition coefficient (Wildman–Crippen LogP) is 5.00. The molecule has 0 saturated carbocycles. The van der Waals surface area contributed by atoms with Crippen molar-refractivity contribution in [2.45, 2.75) is 53.5 Å². The fourth-order valence-electron chi connectivity index (χ4n) is 4.04. The molecule has 0 bridgehead atoms. The molecule has 0 aliphatic rings. The van der Waals surface area contributed by atoms with Crippen molar-refractivity contribution in [3.63, 3.8) is 0 Å². The summed E-state index contributed by atoms with van der Waals surface area (Å²) in [5, 5.41) is 13.8. The average Bonchev–Trinajstić information content (AvgIpc) is 3.37. The number of thiophene rings is 1. The standard InChI is InChI=1S/C28H32N6OS/c1-17-6-10-22(11-7-17)16-30-33-25(35)15-14-24-32-31-21(5)34(24)28-26(19(3)20(4)36-28)27(29)23-12-8-18(2)9-13-23/h6-13,16,27H,14-15,29H2,1-5H3,(H,33,35)/b30-16+. The minimum Gasteiger partial charge on any atom is -0.320 e. The lowest BCUT2D eigenvalue weighted by Crippen LogP contribution is -2.19. The maximum atomic E-state index is 12.5. The summed E-state index contributed by atoms with van der Waals surface area (Å²) < 4.78 is 2.04. The molecule has 8 heteroatoms. The highest BCUT2D eigenvalue weighted by atomic mass is 32.1. The van der Waals surface area contributed by atoms with Gasteiger partial charge in [-0.2, -0.15) is 5.10 Å². The molecule has 2 heterocycles. The number of hydrazone groups is 1. The van der Waals surface area contributed by atoms with Crippen molar-refractivity contribution in [2.24, 2.45) is 10.8 Å². The quantitative estimate of drug-likeness (QED) is 0.263. The number of amides is 1. The van der Waals surface area contributed by atoms with Crippen LogP contribution in [-0.2, 0) is 11.2 Å². The van der Waals surface area contributed by atoms with Crippen molar-refractivity contribution in [2.75, 3.05) is 0 Å². The van der Waals surface area contributed by atoms with Crippen LogP contribution in [-0.4, -0.2) is 26.9 Å². The number of aromatic nitrogens is 3. The molecule has 0 spiro atoms. The van der Waals surface area contributed by atoms with Crippen LogP contribution in [0.4, 0.5) is 0 Å². The van der Waals surface area contributed by atoms with Crippen molar-refractivity contribution in [3.05, 3.63) is 98.4 Å². The molecule has 1 unspecified atom stereocenters. The second-order valence-corrected chi connectivity index (χ2v) is 10.3. The first kappa shape index (κ1) is 25.5. The number of hydrogen-bond acceptors (Lipinski definition) is 6. The first-order chi connectivity index (χ1) is 17.2. The smallest absolute Gasteiger partial charge is 0.240 e. The van der Waals surface area contributed by atoms with Gasteiger partial charge < -0.3 is 5.73 Å². The predicted molar refractivity (Wildman–Crippen MR) is 146 cm³/mol. The Morgan fingerprint density at radius 1 is 1.03 bits per heavy atom. The van der Waals surface area contributed by atoms with E-state index >= 15 is 0 Å². The average molecular weight is 501 g/mol. The third-order valence-corrected chi connectivity index (χ3v) is 7.52. The van der Waals surface area contributed by atoms with Crippen LogP contribution in [0, 0.1) is 34.6 Å². The molecule has 7 nitrogen and oxygen atoms in total. The molecule has 2 aromatic heterocycles. The molecule has 0 aliphatic heterocycles. The van der Waals surface area contributed by atoms with E-state index in [1.807, 2.05) is 42.7 Å². The lowest BCUT2D eigenvalue weighted by molar-refractivity contribution is -0.121. The normalized spacial score (nSPS) is 12.3. The van der Waals surface area contributed by atoms with Gasteiger partial charge in [-0.05, 0) is 51.3 Å². The fourth-order valence-corrected chi connectivity index (χ4v) is 5.32. The van der Waals surface area contributed by atoms with E-state index in [1.165, 1.54) is 21.6 Å². The summed E-state index contributed by atoms with van der Waals surface area (Å²) in [6.07, 6.45) is 2.31. The number of nitrogens with zero attached hydrogens (tertiary/aromatic N) is 4. The van der Waals surface area contributed by atoms with Crippen LogP contribution >= 0.6 is 11.3 Å². The Hall–Kier alpha value is -3.62. The highest BCUT2D eigenvalue weighted by Gasteiger charge is 2.24. The van der Waals surface area contributed by atoms with Crippen molar-refractivity contribution in [1.29, 1.82) is 0 Å². The summed E-state index contributed by atoms with van der Waals surface area (Å²) in [5.41, 5.74) is 16.0. The number of aryl methyl sites for hydroxylation is 5. The highest BCUT2D eigenvalue weighted by molar-refractivity contribution is 7.14. The Balaban J connectivity index is 1.52. The lowest BCUT2D eigenvalue weighted by atomic mass is 9.96. The molecule has 2 aromatic carbocycles. The van der Waals surface area contributed by atoms with Gasteiger partial charge >= 0.3 is 0 Å². The van der Waals surface area contributed by atoms with Gasteiger partial charge in [0, 0.05) is 23.3 Å². The molecule has 0 fully saturated rings. The second-order valence-electron chi connectivity index (χ2n) is 9.09. The van der Waals surface area contributed by atoms with Crippen LogP contribution in [0.25, 0.3) is 5.00 Å². The highest BCUT2D eigenvalue weighted by Crippen LogP contribution is 2.38. The molecular weight excluding hydrogens is 468 g/mol. The first-order valence-corrected chi connectivity index (χ1v) is 12.8. The van der Waals surface area contributed by atoms with Crippen molar-refractivity contribution >= 4 is 23.5 Å². The maximum absolute atomic E-state index is 12.5. The van der Waals surface area contributed by atoms with Crippen LogP contribution in [0.3, 0.4) is 0 Å². The van der Waals surface area contributed by atoms with E-state index in [1.54, 1.807) is 17.6 Å². The second kappa shape index (κ2) is 11.0. The van der Waals surface area contributed by atoms with Crippen molar-refractivity contribution in [3.8, 4) is 5.00 Å². The van der Waals surface area contributed by atoms with Gasteiger partial charge in [-0.25, -0.2) is 5.43 Å². The molecule has 36 heavy (non-hydrogen) atoms. The summed E-state index contributed by atoms with van der Waals surface area (Å²) >= 11 is 1.68. The Morgan fingerprint density at radius 3 is 2.33 bits per heavy atom. The van der Waals surface area contributed by atoms with E-state index in [-0.39, 0.29) is 18.4 Å². The van der Waals surface area contributed by atoms with E-state index in [4.69, 9.17) is 5.73 Å². The number of hydrogen-bond donors (Lipinski definition) is 2. The van der Waals surface area contributed by atoms with Crippen LogP contribution in [0.15, 0.2) is 53.6 Å². The summed E-state index contributed by atoms with van der Waals surface area (Å²) in [4.78, 5) is 13.7. The van der Waals surface area contributed by atoms with Crippen LogP contribution in [0.2, 0.25) is 0 Å². The third kappa shape index (κ3) is 5.61. The molecule has 3 N–H and O–H groups in total. The Morgan fingerprint density at radius 2 is 1.67 bits per heavy atom. The van der Waals surface area contributed by atoms with E-state index in [0.29, 0.717) is 6.42 Å². The number of rotatable bonds is 8. The third-order valence-electron chi connectivity index (χ3n) is 6.31. The van der Waals surface area contributed by atoms with Gasteiger partial charge in [-0.1, -0.05) is 59.7 Å². The number of nitrogens with one attached hydrogen (secondary N) is 1. The zero-order valence-corrected chi connectivity index (χ0v) is 22.2. The minimum absolute atomic E-state index is 0.180. The molecule has 4 aromatic rings. The summed E-state index contributed by atoms with van der Waals surface area (Å²) in [6.45, 7) is 10.2. The molecule has 0 aliphatic carbocycles. The molecule has 186 valence electrons. The van der Waals surface area contributed by atoms with E-state index in [0.717, 1.165) is 33.3 Å². The van der Waals surface area contributed by atoms with E-state index < -0.39 is 0 Å². The Bertz CT molecular complexity index is 1380. The molecule has 4 rings (SSSR count). The molecule has 0 radical (unpaired) electrons. The van der Waals surface area contributed by atoms with Crippen molar-refractivity contribution < 1.29 is 4.79 Å². The Kier molecular flexibility index (Phi) is 7.76. The molecule has 1 atom stereocenters. The number of nitrogens with two attached hydrogens (primary N) is 1. The molecular formula is C28H32N6OS. The van der Waals surface area contributed by atoms with E-state index in [9.17, 15) is 4.79 Å². The van der Waals surface area contributed by atoms with Crippen LogP contribution in [0.1, 0.15) is 62.4 Å². The number of carbonyl (C=O) groups is 1. The van der Waals surface area contributed by atoms with Crippen LogP contribution in [0.5, 0.6) is 0 Å². The summed E-state index contributed by atoms with van der Waals surface area (Å²) in [6, 6.07) is 16.0. The zero-order chi connectivity index (χ0) is 25.8. The summed E-state index contributed by atoms with van der Waals surface area (Å²) in [5.74, 6) is 1.31.